The van der Waals surface area contributed by atoms with Gasteiger partial charge in [0.2, 0.25) is 0 Å². The van der Waals surface area contributed by atoms with Crippen molar-refractivity contribution in [2.24, 2.45) is 0 Å². The molecule has 6 heteroatoms. The van der Waals surface area contributed by atoms with E-state index in [2.05, 4.69) is 15.9 Å². The largest absolute Gasteiger partial charge is 0.489 e. The maximum absolute atomic E-state index is 12.6. The first-order valence-corrected chi connectivity index (χ1v) is 6.49. The molecule has 0 atom stereocenters. The Labute approximate surface area is 122 Å². The van der Waals surface area contributed by atoms with Gasteiger partial charge in [-0.3, -0.25) is 0 Å². The summed E-state index contributed by atoms with van der Waals surface area (Å²) in [6.07, 6.45) is -4.37. The van der Waals surface area contributed by atoms with Gasteiger partial charge in [-0.05, 0) is 30.3 Å². The summed E-state index contributed by atoms with van der Waals surface area (Å²) in [5, 5.41) is 0. The van der Waals surface area contributed by atoms with Crippen LogP contribution < -0.4 is 10.5 Å². The molecule has 0 unspecified atom stereocenters. The lowest BCUT2D eigenvalue weighted by Gasteiger charge is -2.11. The zero-order valence-electron chi connectivity index (χ0n) is 10.2. The fourth-order valence-electron chi connectivity index (χ4n) is 1.60. The highest BCUT2D eigenvalue weighted by atomic mass is 79.9. The molecule has 0 aliphatic carbocycles. The van der Waals surface area contributed by atoms with Crippen LogP contribution in [0.1, 0.15) is 11.1 Å². The van der Waals surface area contributed by atoms with Crippen LogP contribution in [0.25, 0.3) is 0 Å². The van der Waals surface area contributed by atoms with Crippen molar-refractivity contribution in [3.05, 3.63) is 58.1 Å². The topological polar surface area (TPSA) is 35.2 Å². The summed E-state index contributed by atoms with van der Waals surface area (Å²) >= 11 is 3.33. The zero-order valence-corrected chi connectivity index (χ0v) is 11.8. The summed E-state index contributed by atoms with van der Waals surface area (Å²) in [7, 11) is 0. The second-order valence-electron chi connectivity index (χ2n) is 4.17. The van der Waals surface area contributed by atoms with Gasteiger partial charge in [0.1, 0.15) is 12.4 Å². The maximum atomic E-state index is 12.6. The number of benzene rings is 2. The van der Waals surface area contributed by atoms with Crippen molar-refractivity contribution in [1.82, 2.24) is 0 Å². The average molecular weight is 346 g/mol. The van der Waals surface area contributed by atoms with Crippen LogP contribution in [0, 0.1) is 0 Å². The van der Waals surface area contributed by atoms with Crippen molar-refractivity contribution in [2.45, 2.75) is 12.8 Å². The molecule has 0 spiro atoms. The van der Waals surface area contributed by atoms with Gasteiger partial charge in [0, 0.05) is 15.7 Å². The molecule has 2 rings (SSSR count). The first-order valence-electron chi connectivity index (χ1n) is 5.70. The Morgan fingerprint density at radius 3 is 2.50 bits per heavy atom. The van der Waals surface area contributed by atoms with Gasteiger partial charge in [-0.25, -0.2) is 0 Å². The molecular formula is C14H11BrF3NO. The van der Waals surface area contributed by atoms with E-state index >= 15 is 0 Å². The molecule has 0 fully saturated rings. The number of halogens is 4. The third-order valence-corrected chi connectivity index (χ3v) is 3.37. The fourth-order valence-corrected chi connectivity index (χ4v) is 2.11. The summed E-state index contributed by atoms with van der Waals surface area (Å²) < 4.78 is 43.8. The highest BCUT2D eigenvalue weighted by molar-refractivity contribution is 9.10. The van der Waals surface area contributed by atoms with Crippen LogP contribution in [0.2, 0.25) is 0 Å². The third-order valence-electron chi connectivity index (χ3n) is 2.63. The molecule has 106 valence electrons. The summed E-state index contributed by atoms with van der Waals surface area (Å²) in [6, 6.07) is 9.96. The highest BCUT2D eigenvalue weighted by Gasteiger charge is 2.30. The standard InChI is InChI=1S/C14H11BrF3NO/c15-13-7-11(19)5-4-9(13)8-20-12-3-1-2-10(6-12)14(16,17)18/h1-7H,8,19H2. The van der Waals surface area contributed by atoms with E-state index in [1.54, 1.807) is 18.2 Å². The minimum atomic E-state index is -4.37. The third kappa shape index (κ3) is 3.66. The summed E-state index contributed by atoms with van der Waals surface area (Å²) in [5.41, 5.74) is 6.28. The summed E-state index contributed by atoms with van der Waals surface area (Å²) in [4.78, 5) is 0. The Morgan fingerprint density at radius 2 is 1.85 bits per heavy atom. The van der Waals surface area contributed by atoms with Gasteiger partial charge in [0.05, 0.1) is 5.56 Å². The second-order valence-corrected chi connectivity index (χ2v) is 5.02. The smallest absolute Gasteiger partial charge is 0.416 e. The van der Waals surface area contributed by atoms with Gasteiger partial charge in [0.25, 0.3) is 0 Å². The Morgan fingerprint density at radius 1 is 1.10 bits per heavy atom. The summed E-state index contributed by atoms with van der Waals surface area (Å²) in [5.74, 6) is 0.170. The first-order chi connectivity index (χ1) is 9.36. The van der Waals surface area contributed by atoms with Crippen molar-refractivity contribution < 1.29 is 17.9 Å². The molecule has 0 aromatic heterocycles. The Bertz CT molecular complexity index is 614. The number of rotatable bonds is 3. The van der Waals surface area contributed by atoms with E-state index in [0.29, 0.717) is 5.69 Å². The van der Waals surface area contributed by atoms with Crippen molar-refractivity contribution in [2.75, 3.05) is 5.73 Å². The molecule has 2 nitrogen and oxygen atoms in total. The van der Waals surface area contributed by atoms with E-state index in [1.165, 1.54) is 12.1 Å². The molecule has 2 aromatic rings. The van der Waals surface area contributed by atoms with Crippen molar-refractivity contribution in [3.63, 3.8) is 0 Å². The highest BCUT2D eigenvalue weighted by Crippen LogP contribution is 2.31. The minimum Gasteiger partial charge on any atom is -0.489 e. The van der Waals surface area contributed by atoms with Gasteiger partial charge in [0.15, 0.2) is 0 Å². The fraction of sp³-hybridized carbons (Fsp3) is 0.143. The maximum Gasteiger partial charge on any atom is 0.416 e. The number of nitrogen functional groups attached to an aromatic ring is 1. The molecule has 0 aliphatic heterocycles. The molecule has 2 N–H and O–H groups in total. The molecular weight excluding hydrogens is 335 g/mol. The number of nitrogens with two attached hydrogens (primary N) is 1. The van der Waals surface area contributed by atoms with Crippen LogP contribution in [-0.2, 0) is 12.8 Å². The Hall–Kier alpha value is -1.69. The number of hydrogen-bond acceptors (Lipinski definition) is 2. The number of hydrogen-bond donors (Lipinski definition) is 1. The van der Waals surface area contributed by atoms with Crippen LogP contribution in [0.4, 0.5) is 18.9 Å². The number of anilines is 1. The molecule has 0 heterocycles. The van der Waals surface area contributed by atoms with Crippen molar-refractivity contribution in [1.29, 1.82) is 0 Å². The van der Waals surface area contributed by atoms with Crippen molar-refractivity contribution in [3.8, 4) is 5.75 Å². The predicted molar refractivity (Wildman–Crippen MR) is 74.3 cm³/mol. The van der Waals surface area contributed by atoms with Crippen LogP contribution in [-0.4, -0.2) is 0 Å². The minimum absolute atomic E-state index is 0.155. The lowest BCUT2D eigenvalue weighted by molar-refractivity contribution is -0.137. The Kier molecular flexibility index (Phi) is 4.23. The molecule has 0 saturated heterocycles. The van der Waals surface area contributed by atoms with E-state index < -0.39 is 11.7 Å². The van der Waals surface area contributed by atoms with Crippen LogP contribution in [0.3, 0.4) is 0 Å². The monoisotopic (exact) mass is 345 g/mol. The van der Waals surface area contributed by atoms with E-state index in [-0.39, 0.29) is 12.4 Å². The average Bonchev–Trinajstić information content (AvgIpc) is 2.37. The molecule has 0 radical (unpaired) electrons. The van der Waals surface area contributed by atoms with Gasteiger partial charge in [-0.15, -0.1) is 0 Å². The van der Waals surface area contributed by atoms with E-state index in [1.807, 2.05) is 0 Å². The zero-order chi connectivity index (χ0) is 14.8. The number of alkyl halides is 3. The van der Waals surface area contributed by atoms with Crippen LogP contribution in [0.5, 0.6) is 5.75 Å². The van der Waals surface area contributed by atoms with Crippen LogP contribution in [0.15, 0.2) is 46.9 Å². The van der Waals surface area contributed by atoms with E-state index in [0.717, 1.165) is 22.2 Å². The van der Waals surface area contributed by atoms with Gasteiger partial charge >= 0.3 is 6.18 Å². The van der Waals surface area contributed by atoms with E-state index in [9.17, 15) is 13.2 Å². The van der Waals surface area contributed by atoms with Crippen LogP contribution >= 0.6 is 15.9 Å². The molecule has 0 amide bonds. The number of ether oxygens (including phenoxy) is 1. The first kappa shape index (κ1) is 14.7. The van der Waals surface area contributed by atoms with Gasteiger partial charge < -0.3 is 10.5 Å². The Balaban J connectivity index is 2.11. The summed E-state index contributed by atoms with van der Waals surface area (Å²) in [6.45, 7) is 0.155. The quantitative estimate of drug-likeness (QED) is 0.823. The predicted octanol–water partition coefficient (Wildman–Crippen LogP) is 4.63. The van der Waals surface area contributed by atoms with Gasteiger partial charge in [-0.1, -0.05) is 28.1 Å². The normalized spacial score (nSPS) is 11.4. The van der Waals surface area contributed by atoms with E-state index in [4.69, 9.17) is 10.5 Å². The van der Waals surface area contributed by atoms with Crippen molar-refractivity contribution >= 4 is 21.6 Å². The van der Waals surface area contributed by atoms with Gasteiger partial charge in [-0.2, -0.15) is 13.2 Å². The molecule has 0 bridgehead atoms. The lowest BCUT2D eigenvalue weighted by Crippen LogP contribution is -2.05. The second kappa shape index (κ2) is 5.75. The lowest BCUT2D eigenvalue weighted by atomic mass is 10.2. The molecule has 0 saturated carbocycles. The SMILES string of the molecule is Nc1ccc(COc2cccc(C(F)(F)F)c2)c(Br)c1. The molecule has 0 aliphatic rings. The molecule has 20 heavy (non-hydrogen) atoms. The molecule has 2 aromatic carbocycles.